The highest BCUT2D eigenvalue weighted by Gasteiger charge is 2.47. The number of anilines is 1. The maximum absolute atomic E-state index is 13.2. The summed E-state index contributed by atoms with van der Waals surface area (Å²) >= 11 is 0. The lowest BCUT2D eigenvalue weighted by Gasteiger charge is -2.54. The Morgan fingerprint density at radius 3 is 2.30 bits per heavy atom. The summed E-state index contributed by atoms with van der Waals surface area (Å²) in [6.45, 7) is 2.42. The van der Waals surface area contributed by atoms with E-state index in [1.165, 1.54) is 17.0 Å². The highest BCUT2D eigenvalue weighted by atomic mass is 19.4. The van der Waals surface area contributed by atoms with Crippen LogP contribution in [0.5, 0.6) is 0 Å². The van der Waals surface area contributed by atoms with E-state index >= 15 is 0 Å². The Kier molecular flexibility index (Phi) is 5.87. The minimum atomic E-state index is -4.62. The fraction of sp³-hybridized carbons (Fsp3) is 0.632. The molecule has 2 saturated heterocycles. The molecular weight excluding hydrogens is 416 g/mol. The lowest BCUT2D eigenvalue weighted by atomic mass is 9.72. The second-order valence-corrected chi connectivity index (χ2v) is 8.07. The van der Waals surface area contributed by atoms with E-state index in [1.54, 1.807) is 0 Å². The summed E-state index contributed by atoms with van der Waals surface area (Å²) in [5, 5.41) is 0. The van der Waals surface area contributed by atoms with Crippen molar-refractivity contribution in [3.63, 3.8) is 0 Å². The first-order valence-electron chi connectivity index (χ1n) is 9.50. The number of alkyl halides is 6. The van der Waals surface area contributed by atoms with E-state index in [2.05, 4.69) is 4.74 Å². The Bertz CT molecular complexity index is 779. The van der Waals surface area contributed by atoms with E-state index < -0.39 is 30.1 Å². The predicted octanol–water partition coefficient (Wildman–Crippen LogP) is 4.27. The molecule has 30 heavy (non-hydrogen) atoms. The molecule has 0 radical (unpaired) electrons. The van der Waals surface area contributed by atoms with Gasteiger partial charge in [0.2, 0.25) is 0 Å². The molecular formula is C19H23F6N3O2. The number of likely N-dealkylation sites (tertiary alicyclic amines) is 2. The third-order valence-corrected chi connectivity index (χ3v) is 5.84. The largest absolute Gasteiger partial charge is 0.437 e. The fourth-order valence-electron chi connectivity index (χ4n) is 4.06. The van der Waals surface area contributed by atoms with Crippen LogP contribution in [0.3, 0.4) is 0 Å². The van der Waals surface area contributed by atoms with Crippen LogP contribution in [0, 0.1) is 5.41 Å². The number of halogens is 6. The molecule has 2 aliphatic rings. The number of nitrogen functional groups attached to an aromatic ring is 1. The molecule has 1 amide bonds. The van der Waals surface area contributed by atoms with Crippen molar-refractivity contribution in [3.8, 4) is 0 Å². The van der Waals surface area contributed by atoms with Crippen LogP contribution in [0.1, 0.15) is 30.9 Å². The average Bonchev–Trinajstić information content (AvgIpc) is 2.60. The number of carbonyl (C=O) groups is 1. The number of hydrogen-bond acceptors (Lipinski definition) is 4. The first-order valence-corrected chi connectivity index (χ1v) is 9.50. The van der Waals surface area contributed by atoms with Gasteiger partial charge in [0.1, 0.15) is 0 Å². The van der Waals surface area contributed by atoms with Gasteiger partial charge in [-0.1, -0.05) is 6.07 Å². The summed E-state index contributed by atoms with van der Waals surface area (Å²) in [6.07, 6.45) is -11.2. The van der Waals surface area contributed by atoms with Crippen molar-refractivity contribution in [3.05, 3.63) is 29.3 Å². The number of carbonyl (C=O) groups excluding carboxylic acids is 1. The molecule has 0 aliphatic carbocycles. The monoisotopic (exact) mass is 439 g/mol. The SMILES string of the molecule is CC(OC(=O)N1CCC2(CC1)CN(Cc1c(N)cccc1C(F)(F)F)C2)C(F)(F)F. The summed E-state index contributed by atoms with van der Waals surface area (Å²) in [6, 6.07) is 3.72. The second-order valence-electron chi connectivity index (χ2n) is 8.07. The van der Waals surface area contributed by atoms with Crippen molar-refractivity contribution in [2.75, 3.05) is 31.9 Å². The van der Waals surface area contributed by atoms with E-state index in [9.17, 15) is 31.1 Å². The zero-order chi connectivity index (χ0) is 22.3. The molecule has 1 atom stereocenters. The molecule has 0 aromatic heterocycles. The predicted molar refractivity (Wildman–Crippen MR) is 96.4 cm³/mol. The van der Waals surface area contributed by atoms with Gasteiger partial charge in [-0.25, -0.2) is 4.79 Å². The molecule has 2 aliphatic heterocycles. The molecule has 1 spiro atoms. The van der Waals surface area contributed by atoms with Gasteiger partial charge in [-0.15, -0.1) is 0 Å². The summed E-state index contributed by atoms with van der Waals surface area (Å²) in [4.78, 5) is 15.0. The molecule has 1 aromatic carbocycles. The molecule has 2 N–H and O–H groups in total. The van der Waals surface area contributed by atoms with Crippen molar-refractivity contribution in [1.29, 1.82) is 0 Å². The number of benzene rings is 1. The zero-order valence-corrected chi connectivity index (χ0v) is 16.3. The van der Waals surface area contributed by atoms with Crippen molar-refractivity contribution in [2.24, 2.45) is 5.41 Å². The Hall–Kier alpha value is -2.17. The van der Waals surface area contributed by atoms with Gasteiger partial charge in [0.15, 0.2) is 6.10 Å². The average molecular weight is 439 g/mol. The van der Waals surface area contributed by atoms with Crippen LogP contribution in [0.4, 0.5) is 36.8 Å². The standard InChI is InChI=1S/C19H23F6N3O2/c1-12(18(20,21)22)30-16(29)28-7-5-17(6-8-28)10-27(11-17)9-13-14(19(23,24)25)3-2-4-15(13)26/h2-4,12H,5-11,26H2,1H3. The van der Waals surface area contributed by atoms with E-state index in [4.69, 9.17) is 5.73 Å². The van der Waals surface area contributed by atoms with E-state index in [0.29, 0.717) is 25.9 Å². The Morgan fingerprint density at radius 1 is 1.17 bits per heavy atom. The van der Waals surface area contributed by atoms with Crippen LogP contribution < -0.4 is 5.73 Å². The summed E-state index contributed by atoms with van der Waals surface area (Å²) in [5.74, 6) is 0. The topological polar surface area (TPSA) is 58.8 Å². The molecule has 1 unspecified atom stereocenters. The van der Waals surface area contributed by atoms with Crippen molar-refractivity contribution in [1.82, 2.24) is 9.80 Å². The van der Waals surface area contributed by atoms with Gasteiger partial charge in [0.25, 0.3) is 0 Å². The maximum Gasteiger partial charge on any atom is 0.425 e. The summed E-state index contributed by atoms with van der Waals surface area (Å²) < 4.78 is 81.8. The number of piperidine rings is 1. The van der Waals surface area contributed by atoms with Gasteiger partial charge in [-0.2, -0.15) is 26.3 Å². The molecule has 168 valence electrons. The smallest absolute Gasteiger partial charge is 0.425 e. The quantitative estimate of drug-likeness (QED) is 0.565. The maximum atomic E-state index is 13.2. The van der Waals surface area contributed by atoms with Gasteiger partial charge >= 0.3 is 18.4 Å². The van der Waals surface area contributed by atoms with Gasteiger partial charge in [0.05, 0.1) is 5.56 Å². The Morgan fingerprint density at radius 2 is 1.77 bits per heavy atom. The van der Waals surface area contributed by atoms with Gasteiger partial charge in [-0.3, -0.25) is 4.90 Å². The van der Waals surface area contributed by atoms with E-state index in [1.807, 2.05) is 4.90 Å². The van der Waals surface area contributed by atoms with Crippen molar-refractivity contribution < 1.29 is 35.9 Å². The van der Waals surface area contributed by atoms with Gasteiger partial charge in [0, 0.05) is 44.0 Å². The van der Waals surface area contributed by atoms with Gasteiger partial charge < -0.3 is 15.4 Å². The molecule has 2 fully saturated rings. The van der Waals surface area contributed by atoms with Crippen LogP contribution in [-0.2, 0) is 17.5 Å². The summed E-state index contributed by atoms with van der Waals surface area (Å²) in [7, 11) is 0. The fourth-order valence-corrected chi connectivity index (χ4v) is 4.06. The molecule has 1 aromatic rings. The molecule has 5 nitrogen and oxygen atoms in total. The number of hydrogen-bond donors (Lipinski definition) is 1. The second kappa shape index (κ2) is 7.82. The van der Waals surface area contributed by atoms with Crippen molar-refractivity contribution >= 4 is 11.8 Å². The molecule has 0 saturated carbocycles. The van der Waals surface area contributed by atoms with E-state index in [0.717, 1.165) is 13.0 Å². The number of nitrogens with zero attached hydrogens (tertiary/aromatic N) is 2. The van der Waals surface area contributed by atoms with Crippen LogP contribution >= 0.6 is 0 Å². The van der Waals surface area contributed by atoms with Crippen LogP contribution in [-0.4, -0.2) is 54.4 Å². The van der Waals surface area contributed by atoms with E-state index in [-0.39, 0.29) is 36.3 Å². The zero-order valence-electron chi connectivity index (χ0n) is 16.3. The third kappa shape index (κ3) is 4.76. The molecule has 0 bridgehead atoms. The Balaban J connectivity index is 1.53. The minimum Gasteiger partial charge on any atom is -0.437 e. The summed E-state index contributed by atoms with van der Waals surface area (Å²) in [5.41, 5.74) is 4.99. The first-order chi connectivity index (χ1) is 13.8. The first kappa shape index (κ1) is 22.5. The number of nitrogens with two attached hydrogens (primary N) is 1. The Labute approximate surface area is 169 Å². The number of amides is 1. The lowest BCUT2D eigenvalue weighted by molar-refractivity contribution is -0.200. The van der Waals surface area contributed by atoms with Crippen LogP contribution in [0.15, 0.2) is 18.2 Å². The lowest BCUT2D eigenvalue weighted by Crippen LogP contribution is -2.60. The minimum absolute atomic E-state index is 0.0435. The highest BCUT2D eigenvalue weighted by Crippen LogP contribution is 2.43. The highest BCUT2D eigenvalue weighted by molar-refractivity contribution is 5.68. The molecule has 11 heteroatoms. The van der Waals surface area contributed by atoms with Crippen molar-refractivity contribution in [2.45, 2.75) is 44.8 Å². The number of rotatable bonds is 3. The molecule has 2 heterocycles. The normalized spacial score (nSPS) is 20.7. The molecule has 3 rings (SSSR count). The van der Waals surface area contributed by atoms with Gasteiger partial charge in [-0.05, 0) is 37.3 Å². The van der Waals surface area contributed by atoms with Crippen LogP contribution in [0.25, 0.3) is 0 Å². The third-order valence-electron chi connectivity index (χ3n) is 5.84. The number of ether oxygens (including phenoxy) is 1. The van der Waals surface area contributed by atoms with Crippen LogP contribution in [0.2, 0.25) is 0 Å².